The number of benzene rings is 2. The number of aryl methyl sites for hydroxylation is 1. The Kier molecular flexibility index (Phi) is 6.97. The Morgan fingerprint density at radius 2 is 1.85 bits per heavy atom. The second kappa shape index (κ2) is 8.79. The molecule has 2 aromatic carbocycles. The van der Waals surface area contributed by atoms with Crippen LogP contribution in [-0.2, 0) is 19.6 Å². The van der Waals surface area contributed by atoms with E-state index in [1.54, 1.807) is 38.1 Å². The SMILES string of the molecule is CCOC(=O)CN(c1cc(Cl)ccc1C)S(=O)(=O)c1ccc(SC)cc1. The van der Waals surface area contributed by atoms with Gasteiger partial charge >= 0.3 is 5.97 Å². The maximum atomic E-state index is 13.2. The summed E-state index contributed by atoms with van der Waals surface area (Å²) in [7, 11) is -3.97. The van der Waals surface area contributed by atoms with E-state index in [0.717, 1.165) is 9.20 Å². The summed E-state index contributed by atoms with van der Waals surface area (Å²) in [4.78, 5) is 13.1. The second-order valence-electron chi connectivity index (χ2n) is 5.42. The van der Waals surface area contributed by atoms with E-state index in [2.05, 4.69) is 0 Å². The fourth-order valence-corrected chi connectivity index (χ4v) is 4.39. The highest BCUT2D eigenvalue weighted by Gasteiger charge is 2.29. The monoisotopic (exact) mass is 413 g/mol. The Bertz CT molecular complexity index is 883. The summed E-state index contributed by atoms with van der Waals surface area (Å²) in [6.45, 7) is 3.17. The van der Waals surface area contributed by atoms with Crippen LogP contribution in [0.5, 0.6) is 0 Å². The number of esters is 1. The van der Waals surface area contributed by atoms with Gasteiger partial charge in [-0.25, -0.2) is 8.42 Å². The first-order chi connectivity index (χ1) is 12.3. The molecule has 2 rings (SSSR count). The van der Waals surface area contributed by atoms with Gasteiger partial charge in [-0.3, -0.25) is 9.10 Å². The molecule has 0 spiro atoms. The van der Waals surface area contributed by atoms with E-state index in [1.807, 2.05) is 6.26 Å². The molecule has 0 fully saturated rings. The molecule has 0 amide bonds. The summed E-state index contributed by atoms with van der Waals surface area (Å²) in [5.41, 5.74) is 1.03. The quantitative estimate of drug-likeness (QED) is 0.504. The number of thioether (sulfide) groups is 1. The van der Waals surface area contributed by atoms with Crippen LogP contribution in [0.15, 0.2) is 52.3 Å². The maximum Gasteiger partial charge on any atom is 0.326 e. The number of halogens is 1. The van der Waals surface area contributed by atoms with Crippen molar-refractivity contribution in [3.05, 3.63) is 53.1 Å². The molecule has 0 aliphatic heterocycles. The number of nitrogens with zero attached hydrogens (tertiary/aromatic N) is 1. The molecule has 26 heavy (non-hydrogen) atoms. The molecular weight excluding hydrogens is 394 g/mol. The minimum Gasteiger partial charge on any atom is -0.465 e. The van der Waals surface area contributed by atoms with Crippen LogP contribution in [0.25, 0.3) is 0 Å². The summed E-state index contributed by atoms with van der Waals surface area (Å²) in [6, 6.07) is 11.4. The van der Waals surface area contributed by atoms with E-state index >= 15 is 0 Å². The van der Waals surface area contributed by atoms with Crippen LogP contribution < -0.4 is 4.31 Å². The lowest BCUT2D eigenvalue weighted by Crippen LogP contribution is -2.37. The molecule has 140 valence electrons. The summed E-state index contributed by atoms with van der Waals surface area (Å²) < 4.78 is 32.4. The number of hydrogen-bond acceptors (Lipinski definition) is 5. The highest BCUT2D eigenvalue weighted by molar-refractivity contribution is 7.98. The van der Waals surface area contributed by atoms with Crippen LogP contribution in [0, 0.1) is 6.92 Å². The molecule has 0 saturated carbocycles. The second-order valence-corrected chi connectivity index (χ2v) is 8.60. The van der Waals surface area contributed by atoms with Gasteiger partial charge in [-0.15, -0.1) is 11.8 Å². The predicted molar refractivity (Wildman–Crippen MR) is 106 cm³/mol. The van der Waals surface area contributed by atoms with Gasteiger partial charge in [0.05, 0.1) is 17.2 Å². The smallest absolute Gasteiger partial charge is 0.326 e. The van der Waals surface area contributed by atoms with Gasteiger partial charge in [-0.1, -0.05) is 17.7 Å². The van der Waals surface area contributed by atoms with Crippen LogP contribution in [0.2, 0.25) is 5.02 Å². The Hall–Kier alpha value is -1.70. The van der Waals surface area contributed by atoms with E-state index in [1.165, 1.54) is 30.0 Å². The summed E-state index contributed by atoms with van der Waals surface area (Å²) in [6.07, 6.45) is 1.91. The first kappa shape index (κ1) is 20.6. The Labute approximate surface area is 163 Å². The Morgan fingerprint density at radius 1 is 1.19 bits per heavy atom. The van der Waals surface area contributed by atoms with Crippen LogP contribution in [0.1, 0.15) is 12.5 Å². The number of ether oxygens (including phenoxy) is 1. The third-order valence-corrected chi connectivity index (χ3v) is 6.42. The molecule has 0 heterocycles. The minimum absolute atomic E-state index is 0.0963. The lowest BCUT2D eigenvalue weighted by Gasteiger charge is -2.25. The van der Waals surface area contributed by atoms with Crippen molar-refractivity contribution in [2.24, 2.45) is 0 Å². The summed E-state index contributed by atoms with van der Waals surface area (Å²) >= 11 is 7.57. The van der Waals surface area contributed by atoms with E-state index in [0.29, 0.717) is 16.3 Å². The third kappa shape index (κ3) is 4.72. The van der Waals surface area contributed by atoms with Crippen molar-refractivity contribution >= 4 is 45.0 Å². The van der Waals surface area contributed by atoms with Gasteiger partial charge in [0, 0.05) is 9.92 Å². The number of anilines is 1. The van der Waals surface area contributed by atoms with E-state index in [-0.39, 0.29) is 11.5 Å². The summed E-state index contributed by atoms with van der Waals surface area (Å²) in [5, 5.41) is 0.382. The van der Waals surface area contributed by atoms with Gasteiger partial charge < -0.3 is 4.74 Å². The van der Waals surface area contributed by atoms with E-state index < -0.39 is 22.5 Å². The molecule has 2 aromatic rings. The molecule has 0 aliphatic carbocycles. The molecule has 0 radical (unpaired) electrons. The molecular formula is C18H20ClNO4S2. The van der Waals surface area contributed by atoms with Crippen LogP contribution in [-0.4, -0.2) is 33.8 Å². The highest BCUT2D eigenvalue weighted by atomic mass is 35.5. The molecule has 0 atom stereocenters. The molecule has 0 aliphatic rings. The zero-order valence-electron chi connectivity index (χ0n) is 14.7. The van der Waals surface area contributed by atoms with Crippen molar-refractivity contribution in [2.75, 3.05) is 23.7 Å². The molecule has 0 unspecified atom stereocenters. The highest BCUT2D eigenvalue weighted by Crippen LogP contribution is 2.30. The average molecular weight is 414 g/mol. The Balaban J connectivity index is 2.54. The normalized spacial score (nSPS) is 11.2. The van der Waals surface area contributed by atoms with Crippen molar-refractivity contribution in [3.63, 3.8) is 0 Å². The van der Waals surface area contributed by atoms with Crippen LogP contribution in [0.3, 0.4) is 0 Å². The first-order valence-electron chi connectivity index (χ1n) is 7.88. The van der Waals surface area contributed by atoms with Crippen molar-refractivity contribution in [2.45, 2.75) is 23.6 Å². The third-order valence-electron chi connectivity index (χ3n) is 3.67. The standard InChI is InChI=1S/C18H20ClNO4S2/c1-4-24-18(21)12-20(17-11-14(19)6-5-13(17)2)26(22,23)16-9-7-15(25-3)8-10-16/h5-11H,4,12H2,1-3H3. The molecule has 5 nitrogen and oxygen atoms in total. The minimum atomic E-state index is -3.97. The zero-order chi connectivity index (χ0) is 19.3. The van der Waals surface area contributed by atoms with Crippen molar-refractivity contribution < 1.29 is 17.9 Å². The summed E-state index contributed by atoms with van der Waals surface area (Å²) in [5.74, 6) is -0.629. The number of hydrogen-bond donors (Lipinski definition) is 0. The predicted octanol–water partition coefficient (Wildman–Crippen LogP) is 4.13. The van der Waals surface area contributed by atoms with Gasteiger partial charge in [0.2, 0.25) is 0 Å². The average Bonchev–Trinajstić information content (AvgIpc) is 2.62. The van der Waals surface area contributed by atoms with Gasteiger partial charge in [-0.2, -0.15) is 0 Å². The zero-order valence-corrected chi connectivity index (χ0v) is 17.1. The molecule has 0 saturated heterocycles. The van der Waals surface area contributed by atoms with Crippen LogP contribution >= 0.6 is 23.4 Å². The molecule has 0 bridgehead atoms. The van der Waals surface area contributed by atoms with Gasteiger partial charge in [0.25, 0.3) is 10.0 Å². The lowest BCUT2D eigenvalue weighted by atomic mass is 10.2. The number of sulfonamides is 1. The van der Waals surface area contributed by atoms with Gasteiger partial charge in [0.15, 0.2) is 0 Å². The fraction of sp³-hybridized carbons (Fsp3) is 0.278. The maximum absolute atomic E-state index is 13.2. The largest absolute Gasteiger partial charge is 0.465 e. The fourth-order valence-electron chi connectivity index (χ4n) is 2.35. The van der Waals surface area contributed by atoms with Crippen molar-refractivity contribution in [1.29, 1.82) is 0 Å². The van der Waals surface area contributed by atoms with Gasteiger partial charge in [0.1, 0.15) is 6.54 Å². The lowest BCUT2D eigenvalue weighted by molar-refractivity contribution is -0.141. The van der Waals surface area contributed by atoms with E-state index in [9.17, 15) is 13.2 Å². The molecule has 0 N–H and O–H groups in total. The topological polar surface area (TPSA) is 63.7 Å². The van der Waals surface area contributed by atoms with Gasteiger partial charge in [-0.05, 0) is 62.1 Å². The molecule has 0 aromatic heterocycles. The number of rotatable bonds is 7. The Morgan fingerprint density at radius 3 is 2.42 bits per heavy atom. The number of carbonyl (C=O) groups is 1. The number of carbonyl (C=O) groups excluding carboxylic acids is 1. The first-order valence-corrected chi connectivity index (χ1v) is 10.9. The van der Waals surface area contributed by atoms with Crippen LogP contribution in [0.4, 0.5) is 5.69 Å². The van der Waals surface area contributed by atoms with Crippen molar-refractivity contribution in [3.8, 4) is 0 Å². The van der Waals surface area contributed by atoms with E-state index in [4.69, 9.17) is 16.3 Å². The van der Waals surface area contributed by atoms with Crippen molar-refractivity contribution in [1.82, 2.24) is 0 Å². The molecule has 8 heteroatoms.